The van der Waals surface area contributed by atoms with Crippen molar-refractivity contribution in [1.82, 2.24) is 16.0 Å². The molecule has 2 saturated carbocycles. The van der Waals surface area contributed by atoms with Crippen molar-refractivity contribution in [1.29, 1.82) is 0 Å². The molecule has 9 nitrogen and oxygen atoms in total. The molecule has 1 aliphatic heterocycles. The smallest absolute Gasteiger partial charge is 0.315 e. The number of carbonyl (C=O) groups is 3. The highest BCUT2D eigenvalue weighted by Gasteiger charge is 2.46. The molecule has 4 unspecified atom stereocenters. The Morgan fingerprint density at radius 1 is 0.927 bits per heavy atom. The minimum atomic E-state index is -0.948. The molecule has 9 heteroatoms. The summed E-state index contributed by atoms with van der Waals surface area (Å²) < 4.78 is 11.7. The number of hydrogen-bond donors (Lipinski definition) is 4. The van der Waals surface area contributed by atoms with Crippen LogP contribution in [0.2, 0.25) is 0 Å². The molecule has 3 aliphatic rings. The van der Waals surface area contributed by atoms with Gasteiger partial charge in [-0.15, -0.1) is 0 Å². The zero-order valence-corrected chi connectivity index (χ0v) is 26.3. The summed E-state index contributed by atoms with van der Waals surface area (Å²) in [6.07, 6.45) is 14.7. The van der Waals surface area contributed by atoms with Crippen molar-refractivity contribution in [2.45, 2.75) is 154 Å². The maximum atomic E-state index is 13.5. The second kappa shape index (κ2) is 15.0. The van der Waals surface area contributed by atoms with Crippen LogP contribution in [0.3, 0.4) is 0 Å². The summed E-state index contributed by atoms with van der Waals surface area (Å²) in [4.78, 5) is 39.3. The largest absolute Gasteiger partial charge is 0.481 e. The van der Waals surface area contributed by atoms with Gasteiger partial charge in [-0.05, 0) is 51.9 Å². The first kappa shape index (κ1) is 33.6. The summed E-state index contributed by atoms with van der Waals surface area (Å²) in [6, 6.07) is -0.432. The zero-order chi connectivity index (χ0) is 30.1. The van der Waals surface area contributed by atoms with E-state index in [1.807, 2.05) is 13.8 Å². The predicted octanol–water partition coefficient (Wildman–Crippen LogP) is 5.90. The molecule has 0 radical (unpaired) electrons. The monoisotopic (exact) mass is 579 g/mol. The number of carbonyl (C=O) groups excluding carboxylic acids is 2. The van der Waals surface area contributed by atoms with Crippen LogP contribution in [0.25, 0.3) is 0 Å². The third-order valence-corrected chi connectivity index (χ3v) is 9.56. The summed E-state index contributed by atoms with van der Waals surface area (Å²) in [6.45, 7) is 9.95. The lowest BCUT2D eigenvalue weighted by Gasteiger charge is -2.45. The van der Waals surface area contributed by atoms with Gasteiger partial charge < -0.3 is 30.5 Å². The van der Waals surface area contributed by atoms with Gasteiger partial charge in [0.2, 0.25) is 5.91 Å². The molecule has 4 N–H and O–H groups in total. The van der Waals surface area contributed by atoms with Gasteiger partial charge in [0.05, 0.1) is 12.5 Å². The van der Waals surface area contributed by atoms with Gasteiger partial charge in [-0.2, -0.15) is 0 Å². The molecule has 236 valence electrons. The van der Waals surface area contributed by atoms with Gasteiger partial charge in [0.25, 0.3) is 0 Å². The highest BCUT2D eigenvalue weighted by Crippen LogP contribution is 2.36. The van der Waals surface area contributed by atoms with E-state index in [9.17, 15) is 19.5 Å². The van der Waals surface area contributed by atoms with E-state index in [0.29, 0.717) is 13.0 Å². The summed E-state index contributed by atoms with van der Waals surface area (Å²) >= 11 is 0. The molecule has 3 amide bonds. The van der Waals surface area contributed by atoms with Crippen LogP contribution in [0, 0.1) is 17.3 Å². The Kier molecular flexibility index (Phi) is 12.3. The lowest BCUT2D eigenvalue weighted by Crippen LogP contribution is -2.58. The number of carboxylic acids is 1. The quantitative estimate of drug-likeness (QED) is 0.168. The highest BCUT2D eigenvalue weighted by molar-refractivity contribution is 5.82. The number of amides is 3. The normalized spacial score (nSPS) is 28.1. The van der Waals surface area contributed by atoms with Crippen LogP contribution in [-0.2, 0) is 19.1 Å². The van der Waals surface area contributed by atoms with Crippen LogP contribution in [0.4, 0.5) is 4.79 Å². The standard InChI is InChI=1S/C32H57N3O6/c1-6-7-8-13-18-32(19-14-10-15-20-32)35-29(39)34-25-17-12-9-11-16-23(25)24(28(37)38)21-33-27(36)26-30(2,3)22-40-31(4,5)41-26/h23-26H,6-22H2,1-5H3,(H,33,36)(H,37,38)(H2,34,35,39). The average Bonchev–Trinajstić information content (AvgIpc) is 3.14. The van der Waals surface area contributed by atoms with Crippen LogP contribution in [0.1, 0.15) is 131 Å². The minimum absolute atomic E-state index is 0.00275. The predicted molar refractivity (Wildman–Crippen MR) is 159 cm³/mol. The maximum absolute atomic E-state index is 13.5. The molecule has 3 fully saturated rings. The number of ether oxygens (including phenoxy) is 2. The average molecular weight is 580 g/mol. The molecule has 0 aromatic carbocycles. The van der Waals surface area contributed by atoms with Crippen LogP contribution >= 0.6 is 0 Å². The van der Waals surface area contributed by atoms with Gasteiger partial charge in [0.1, 0.15) is 6.10 Å². The Balaban J connectivity index is 1.67. The third-order valence-electron chi connectivity index (χ3n) is 9.56. The van der Waals surface area contributed by atoms with Crippen LogP contribution in [-0.4, -0.2) is 59.6 Å². The molecule has 3 rings (SSSR count). The highest BCUT2D eigenvalue weighted by atomic mass is 16.7. The number of aliphatic carboxylic acids is 1. The van der Waals surface area contributed by atoms with Crippen molar-refractivity contribution in [3.05, 3.63) is 0 Å². The van der Waals surface area contributed by atoms with E-state index in [-0.39, 0.29) is 36.0 Å². The Morgan fingerprint density at radius 2 is 1.61 bits per heavy atom. The number of nitrogens with one attached hydrogen (secondary N) is 3. The Hall–Kier alpha value is -1.87. The molecule has 4 atom stereocenters. The summed E-state index contributed by atoms with van der Waals surface area (Å²) in [7, 11) is 0. The topological polar surface area (TPSA) is 126 Å². The summed E-state index contributed by atoms with van der Waals surface area (Å²) in [5.74, 6) is -3.24. The van der Waals surface area contributed by atoms with Crippen molar-refractivity contribution >= 4 is 17.9 Å². The van der Waals surface area contributed by atoms with E-state index < -0.39 is 29.2 Å². The fourth-order valence-electron chi connectivity index (χ4n) is 7.04. The molecule has 1 saturated heterocycles. The molecule has 0 aromatic heterocycles. The first-order chi connectivity index (χ1) is 19.4. The first-order valence-electron chi connectivity index (χ1n) is 16.3. The fraction of sp³-hybridized carbons (Fsp3) is 0.906. The van der Waals surface area contributed by atoms with Crippen LogP contribution in [0.5, 0.6) is 0 Å². The van der Waals surface area contributed by atoms with Crippen molar-refractivity contribution in [3.63, 3.8) is 0 Å². The van der Waals surface area contributed by atoms with Crippen molar-refractivity contribution in [2.75, 3.05) is 13.2 Å². The molecular weight excluding hydrogens is 522 g/mol. The van der Waals surface area contributed by atoms with E-state index >= 15 is 0 Å². The molecule has 1 heterocycles. The van der Waals surface area contributed by atoms with Gasteiger partial charge in [0.15, 0.2) is 5.79 Å². The van der Waals surface area contributed by atoms with E-state index in [2.05, 4.69) is 22.9 Å². The number of rotatable bonds is 12. The van der Waals surface area contributed by atoms with E-state index in [1.165, 1.54) is 25.7 Å². The second-order valence-corrected chi connectivity index (χ2v) is 14.0. The van der Waals surface area contributed by atoms with Gasteiger partial charge in [-0.3, -0.25) is 9.59 Å². The third kappa shape index (κ3) is 9.84. The van der Waals surface area contributed by atoms with Gasteiger partial charge >= 0.3 is 12.0 Å². The Morgan fingerprint density at radius 3 is 2.29 bits per heavy atom. The van der Waals surface area contributed by atoms with Crippen molar-refractivity contribution < 1.29 is 29.0 Å². The fourth-order valence-corrected chi connectivity index (χ4v) is 7.04. The van der Waals surface area contributed by atoms with E-state index in [1.54, 1.807) is 13.8 Å². The molecule has 0 spiro atoms. The second-order valence-electron chi connectivity index (χ2n) is 14.0. The molecule has 0 aromatic rings. The molecule has 2 aliphatic carbocycles. The van der Waals surface area contributed by atoms with E-state index in [4.69, 9.17) is 9.47 Å². The van der Waals surface area contributed by atoms with E-state index in [0.717, 1.165) is 64.2 Å². The van der Waals surface area contributed by atoms with Crippen LogP contribution in [0.15, 0.2) is 0 Å². The number of carboxylic acid groups (broad SMARTS) is 1. The SMILES string of the molecule is CCCCCCC1(NC(=O)NC2CCCCCC2C(CNC(=O)C2OC(C)(C)OCC2(C)C)C(=O)O)CCCCC1. The summed E-state index contributed by atoms with van der Waals surface area (Å²) in [5, 5.41) is 19.8. The van der Waals surface area contributed by atoms with Gasteiger partial charge in [0, 0.05) is 23.5 Å². The Bertz CT molecular complexity index is 869. The minimum Gasteiger partial charge on any atom is -0.481 e. The number of hydrogen-bond acceptors (Lipinski definition) is 5. The first-order valence-corrected chi connectivity index (χ1v) is 16.3. The number of unbranched alkanes of at least 4 members (excludes halogenated alkanes) is 3. The van der Waals surface area contributed by atoms with Gasteiger partial charge in [-0.25, -0.2) is 4.79 Å². The lowest BCUT2D eigenvalue weighted by atomic mass is 9.78. The van der Waals surface area contributed by atoms with Crippen molar-refractivity contribution in [3.8, 4) is 0 Å². The number of urea groups is 1. The summed E-state index contributed by atoms with van der Waals surface area (Å²) in [5.41, 5.74) is -0.713. The maximum Gasteiger partial charge on any atom is 0.315 e. The molecule has 0 bridgehead atoms. The molecule has 41 heavy (non-hydrogen) atoms. The lowest BCUT2D eigenvalue weighted by molar-refractivity contribution is -0.304. The van der Waals surface area contributed by atoms with Gasteiger partial charge in [-0.1, -0.05) is 85.0 Å². The zero-order valence-electron chi connectivity index (χ0n) is 26.3. The van der Waals surface area contributed by atoms with Crippen LogP contribution < -0.4 is 16.0 Å². The Labute approximate surface area is 247 Å². The molecular formula is C32H57N3O6. The van der Waals surface area contributed by atoms with Crippen molar-refractivity contribution in [2.24, 2.45) is 17.3 Å².